The van der Waals surface area contributed by atoms with Crippen molar-refractivity contribution in [3.63, 3.8) is 0 Å². The van der Waals surface area contributed by atoms with Crippen LogP contribution in [0, 0.1) is 16.0 Å². The van der Waals surface area contributed by atoms with Crippen LogP contribution in [0.3, 0.4) is 0 Å². The third kappa shape index (κ3) is 11.4. The predicted molar refractivity (Wildman–Crippen MR) is 169 cm³/mol. The number of nitro groups is 1. The predicted octanol–water partition coefficient (Wildman–Crippen LogP) is 5.23. The van der Waals surface area contributed by atoms with Gasteiger partial charge in [-0.3, -0.25) is 19.8 Å². The van der Waals surface area contributed by atoms with E-state index in [1.807, 2.05) is 51.1 Å². The van der Waals surface area contributed by atoms with Gasteiger partial charge < -0.3 is 24.8 Å². The molecule has 1 aromatic carbocycles. The van der Waals surface area contributed by atoms with Crippen molar-refractivity contribution >= 4 is 11.6 Å². The van der Waals surface area contributed by atoms with Crippen molar-refractivity contribution in [2.45, 2.75) is 89.9 Å². The second kappa shape index (κ2) is 16.8. The number of nitrogens with zero attached hydrogens (tertiary/aromatic N) is 3. The number of pyridine rings is 1. The summed E-state index contributed by atoms with van der Waals surface area (Å²) >= 11 is 0. The van der Waals surface area contributed by atoms with Crippen LogP contribution >= 0.6 is 0 Å². The molecule has 2 aromatic rings. The van der Waals surface area contributed by atoms with Gasteiger partial charge in [0, 0.05) is 44.7 Å². The second-order valence-corrected chi connectivity index (χ2v) is 12.8. The molecule has 2 unspecified atom stereocenters. The molecule has 0 spiro atoms. The van der Waals surface area contributed by atoms with Crippen molar-refractivity contribution in [3.05, 3.63) is 58.3 Å². The number of carbonyl (C=O) groups is 1. The topological polar surface area (TPSA) is 128 Å². The number of carbonyl (C=O) groups excluding carboxylic acids is 1. The lowest BCUT2D eigenvalue weighted by atomic mass is 9.82. The SMILES string of the molecule is CC(C)(C)OCC(CN1CCOCC1)NC(=O)CCC(NCc1cc(Oc2ccccc2)ncc1[N+](=O)[O-])C1CCCCC1. The van der Waals surface area contributed by atoms with Crippen molar-refractivity contribution in [1.29, 1.82) is 0 Å². The number of amides is 1. The summed E-state index contributed by atoms with van der Waals surface area (Å²) in [6, 6.07) is 10.8. The molecule has 1 amide bonds. The Hall–Kier alpha value is -3.12. The van der Waals surface area contributed by atoms with E-state index in [1.54, 1.807) is 6.07 Å². The van der Waals surface area contributed by atoms with E-state index in [2.05, 4.69) is 20.5 Å². The van der Waals surface area contributed by atoms with Gasteiger partial charge in [-0.1, -0.05) is 37.5 Å². The first kappa shape index (κ1) is 33.8. The molecule has 0 radical (unpaired) electrons. The summed E-state index contributed by atoms with van der Waals surface area (Å²) < 4.78 is 17.4. The molecule has 2 atom stereocenters. The number of para-hydroxylation sites is 1. The number of morpholine rings is 1. The fraction of sp³-hybridized carbons (Fsp3) is 0.636. The zero-order chi connectivity index (χ0) is 31.4. The van der Waals surface area contributed by atoms with Gasteiger partial charge in [0.2, 0.25) is 11.8 Å². The van der Waals surface area contributed by atoms with Crippen LogP contribution in [-0.2, 0) is 20.8 Å². The minimum atomic E-state index is -0.409. The van der Waals surface area contributed by atoms with E-state index in [9.17, 15) is 14.9 Å². The molecule has 1 aliphatic carbocycles. The van der Waals surface area contributed by atoms with Crippen LogP contribution in [0.25, 0.3) is 0 Å². The number of nitrogens with one attached hydrogen (secondary N) is 2. The molecule has 0 bridgehead atoms. The minimum Gasteiger partial charge on any atom is -0.439 e. The third-order valence-electron chi connectivity index (χ3n) is 8.22. The zero-order valence-corrected chi connectivity index (χ0v) is 26.5. The quantitative estimate of drug-likeness (QED) is 0.205. The largest absolute Gasteiger partial charge is 0.439 e. The van der Waals surface area contributed by atoms with Crippen molar-refractivity contribution in [2.24, 2.45) is 5.92 Å². The Bertz CT molecular complexity index is 1180. The van der Waals surface area contributed by atoms with Crippen LogP contribution in [0.1, 0.15) is 71.3 Å². The van der Waals surface area contributed by atoms with Gasteiger partial charge in [0.05, 0.1) is 42.0 Å². The highest BCUT2D eigenvalue weighted by atomic mass is 16.6. The number of hydrogen-bond donors (Lipinski definition) is 2. The Balaban J connectivity index is 1.40. The fourth-order valence-corrected chi connectivity index (χ4v) is 5.89. The molecule has 11 nitrogen and oxygen atoms in total. The van der Waals surface area contributed by atoms with E-state index in [4.69, 9.17) is 14.2 Å². The summed E-state index contributed by atoms with van der Waals surface area (Å²) in [5.41, 5.74) is 0.153. The average Bonchev–Trinajstić information content (AvgIpc) is 3.01. The standard InChI is InChI=1S/C33H49N5O6/c1-33(2,3)43-24-27(23-37-16-18-42-19-17-37)36-31(39)15-14-29(25-10-6-4-7-11-25)34-21-26-20-32(35-22-30(26)38(40)41)44-28-12-8-5-9-13-28/h5,8-9,12-13,20,22,25,27,29,34H,4,6-7,10-11,14-19,21,23-24H2,1-3H3,(H,36,39). The van der Waals surface area contributed by atoms with E-state index >= 15 is 0 Å². The lowest BCUT2D eigenvalue weighted by Crippen LogP contribution is -2.50. The summed E-state index contributed by atoms with van der Waals surface area (Å²) in [6.07, 6.45) is 7.97. The lowest BCUT2D eigenvalue weighted by Gasteiger charge is -2.33. The van der Waals surface area contributed by atoms with Crippen LogP contribution < -0.4 is 15.4 Å². The summed E-state index contributed by atoms with van der Waals surface area (Å²) in [7, 11) is 0. The molecule has 1 saturated heterocycles. The van der Waals surface area contributed by atoms with Crippen LogP contribution in [-0.4, -0.2) is 77.9 Å². The van der Waals surface area contributed by atoms with E-state index in [0.717, 1.165) is 38.8 Å². The van der Waals surface area contributed by atoms with Crippen molar-refractivity contribution in [2.75, 3.05) is 39.5 Å². The van der Waals surface area contributed by atoms with Gasteiger partial charge in [-0.25, -0.2) is 4.98 Å². The van der Waals surface area contributed by atoms with Gasteiger partial charge in [-0.05, 0) is 58.1 Å². The molecular formula is C33H49N5O6. The second-order valence-electron chi connectivity index (χ2n) is 12.8. The maximum absolute atomic E-state index is 13.3. The molecule has 2 aliphatic rings. The Morgan fingerprint density at radius 2 is 1.89 bits per heavy atom. The van der Waals surface area contributed by atoms with Crippen molar-refractivity contribution < 1.29 is 23.9 Å². The first-order chi connectivity index (χ1) is 21.2. The Kier molecular flexibility index (Phi) is 12.9. The zero-order valence-electron chi connectivity index (χ0n) is 26.5. The molecule has 4 rings (SSSR count). The smallest absolute Gasteiger partial charge is 0.292 e. The molecule has 2 fully saturated rings. The number of rotatable bonds is 15. The summed E-state index contributed by atoms with van der Waals surface area (Å²) in [5, 5.41) is 18.7. The monoisotopic (exact) mass is 611 g/mol. The summed E-state index contributed by atoms with van der Waals surface area (Å²) in [4.78, 5) is 31.2. The Morgan fingerprint density at radius 3 is 2.57 bits per heavy atom. The number of hydrogen-bond acceptors (Lipinski definition) is 9. The first-order valence-electron chi connectivity index (χ1n) is 16.0. The molecule has 1 aliphatic heterocycles. The van der Waals surface area contributed by atoms with Crippen LogP contribution in [0.4, 0.5) is 5.69 Å². The number of benzene rings is 1. The van der Waals surface area contributed by atoms with Crippen LogP contribution in [0.2, 0.25) is 0 Å². The molecule has 11 heteroatoms. The highest BCUT2D eigenvalue weighted by Crippen LogP contribution is 2.30. The van der Waals surface area contributed by atoms with Crippen molar-refractivity contribution in [3.8, 4) is 11.6 Å². The fourth-order valence-electron chi connectivity index (χ4n) is 5.89. The third-order valence-corrected chi connectivity index (χ3v) is 8.22. The molecule has 44 heavy (non-hydrogen) atoms. The van der Waals surface area contributed by atoms with Gasteiger partial charge >= 0.3 is 0 Å². The Morgan fingerprint density at radius 1 is 1.16 bits per heavy atom. The van der Waals surface area contributed by atoms with Crippen LogP contribution in [0.5, 0.6) is 11.6 Å². The Labute approximate surface area is 261 Å². The first-order valence-corrected chi connectivity index (χ1v) is 16.0. The molecule has 1 saturated carbocycles. The van der Waals surface area contributed by atoms with E-state index < -0.39 is 4.92 Å². The summed E-state index contributed by atoms with van der Waals surface area (Å²) in [5.74, 6) is 1.32. The normalized spacial score (nSPS) is 18.0. The van der Waals surface area contributed by atoms with Gasteiger partial charge in [-0.15, -0.1) is 0 Å². The highest BCUT2D eigenvalue weighted by Gasteiger charge is 2.27. The highest BCUT2D eigenvalue weighted by molar-refractivity contribution is 5.76. The maximum Gasteiger partial charge on any atom is 0.292 e. The molecule has 242 valence electrons. The van der Waals surface area contributed by atoms with Gasteiger partial charge in [-0.2, -0.15) is 0 Å². The molecule has 2 heterocycles. The van der Waals surface area contributed by atoms with E-state index in [0.29, 0.717) is 62.3 Å². The van der Waals surface area contributed by atoms with Crippen LogP contribution in [0.15, 0.2) is 42.6 Å². The van der Waals surface area contributed by atoms with Gasteiger partial charge in [0.1, 0.15) is 11.9 Å². The maximum atomic E-state index is 13.3. The molecule has 1 aromatic heterocycles. The molecule has 2 N–H and O–H groups in total. The summed E-state index contributed by atoms with van der Waals surface area (Å²) in [6.45, 7) is 10.6. The van der Waals surface area contributed by atoms with E-state index in [1.165, 1.54) is 12.6 Å². The molecular weight excluding hydrogens is 562 g/mol. The van der Waals surface area contributed by atoms with Gasteiger partial charge in [0.25, 0.3) is 5.69 Å². The number of aromatic nitrogens is 1. The average molecular weight is 612 g/mol. The van der Waals surface area contributed by atoms with E-state index in [-0.39, 0.29) is 35.8 Å². The number of ether oxygens (including phenoxy) is 3. The van der Waals surface area contributed by atoms with Crippen molar-refractivity contribution in [1.82, 2.24) is 20.5 Å². The van der Waals surface area contributed by atoms with Gasteiger partial charge in [0.15, 0.2) is 0 Å². The minimum absolute atomic E-state index is 0.00295. The lowest BCUT2D eigenvalue weighted by molar-refractivity contribution is -0.386.